The minimum absolute atomic E-state index is 0.189. The third kappa shape index (κ3) is 4.22. The molecule has 0 aliphatic heterocycles. The van der Waals surface area contributed by atoms with Gasteiger partial charge in [0.15, 0.2) is 0 Å². The van der Waals surface area contributed by atoms with Crippen LogP contribution in [0.15, 0.2) is 22.3 Å². The predicted molar refractivity (Wildman–Crippen MR) is 81.7 cm³/mol. The van der Waals surface area contributed by atoms with Crippen molar-refractivity contribution in [3.8, 4) is 0 Å². The summed E-state index contributed by atoms with van der Waals surface area (Å²) in [5.41, 5.74) is 1.05. The molecule has 0 aliphatic rings. The van der Waals surface area contributed by atoms with Crippen LogP contribution >= 0.6 is 11.3 Å². The minimum Gasteiger partial charge on any atom is -0.350 e. The van der Waals surface area contributed by atoms with Crippen molar-refractivity contribution in [3.05, 3.63) is 44.3 Å². The maximum absolute atomic E-state index is 12.0. The molecule has 0 radical (unpaired) electrons. The van der Waals surface area contributed by atoms with E-state index in [9.17, 15) is 9.59 Å². The molecule has 2 rings (SSSR count). The van der Waals surface area contributed by atoms with Crippen molar-refractivity contribution >= 4 is 17.2 Å². The number of nitrogens with one attached hydrogen (secondary N) is 1. The average molecular weight is 306 g/mol. The molecule has 7 heteroatoms. The fourth-order valence-electron chi connectivity index (χ4n) is 1.86. The number of thiazole rings is 1. The first-order valence-electron chi connectivity index (χ1n) is 6.87. The van der Waals surface area contributed by atoms with E-state index < -0.39 is 0 Å². The van der Waals surface area contributed by atoms with Crippen LogP contribution in [-0.2, 0) is 13.0 Å². The number of hydrogen-bond acceptors (Lipinski definition) is 5. The third-order valence-corrected chi connectivity index (χ3v) is 3.69. The molecule has 112 valence electrons. The van der Waals surface area contributed by atoms with E-state index >= 15 is 0 Å². The van der Waals surface area contributed by atoms with Gasteiger partial charge in [-0.05, 0) is 19.4 Å². The molecule has 2 aromatic rings. The lowest BCUT2D eigenvalue weighted by atomic mass is 10.3. The minimum atomic E-state index is -0.271. The van der Waals surface area contributed by atoms with Gasteiger partial charge in [0.1, 0.15) is 5.69 Å². The second-order valence-electron chi connectivity index (χ2n) is 4.64. The molecular weight excluding hydrogens is 288 g/mol. The number of carbonyl (C=O) groups excluding carboxylic acids is 1. The van der Waals surface area contributed by atoms with Crippen LogP contribution in [0.5, 0.6) is 0 Å². The quantitative estimate of drug-likeness (QED) is 0.875. The summed E-state index contributed by atoms with van der Waals surface area (Å²) >= 11 is 1.59. The van der Waals surface area contributed by atoms with Crippen molar-refractivity contribution < 1.29 is 4.79 Å². The Bertz CT molecular complexity index is 678. The van der Waals surface area contributed by atoms with E-state index in [-0.39, 0.29) is 17.2 Å². The Morgan fingerprint density at radius 1 is 1.43 bits per heavy atom. The van der Waals surface area contributed by atoms with Gasteiger partial charge in [-0.1, -0.05) is 6.92 Å². The largest absolute Gasteiger partial charge is 0.350 e. The standard InChI is InChI=1S/C14H18N4O2S/c1-3-8-18-13(19)5-4-12(17-18)14(20)15-7-6-11-9-21-10(2)16-11/h4-5,9H,3,6-8H2,1-2H3,(H,15,20). The van der Waals surface area contributed by atoms with Gasteiger partial charge >= 0.3 is 0 Å². The van der Waals surface area contributed by atoms with Crippen LogP contribution < -0.4 is 10.9 Å². The fourth-order valence-corrected chi connectivity index (χ4v) is 2.51. The number of rotatable bonds is 6. The zero-order chi connectivity index (χ0) is 15.2. The molecule has 0 bridgehead atoms. The van der Waals surface area contributed by atoms with Crippen molar-refractivity contribution in [2.24, 2.45) is 0 Å². The molecule has 0 aromatic carbocycles. The van der Waals surface area contributed by atoms with Gasteiger partial charge in [-0.15, -0.1) is 11.3 Å². The maximum atomic E-state index is 12.0. The molecule has 0 unspecified atom stereocenters. The zero-order valence-corrected chi connectivity index (χ0v) is 12.9. The van der Waals surface area contributed by atoms with Crippen LogP contribution in [0, 0.1) is 6.92 Å². The number of carbonyl (C=O) groups is 1. The van der Waals surface area contributed by atoms with E-state index in [0.29, 0.717) is 19.5 Å². The van der Waals surface area contributed by atoms with Crippen LogP contribution in [-0.4, -0.2) is 27.2 Å². The first-order chi connectivity index (χ1) is 10.1. The topological polar surface area (TPSA) is 76.9 Å². The lowest BCUT2D eigenvalue weighted by molar-refractivity contribution is 0.0946. The molecule has 21 heavy (non-hydrogen) atoms. The highest BCUT2D eigenvalue weighted by molar-refractivity contribution is 7.09. The van der Waals surface area contributed by atoms with Gasteiger partial charge in [0.25, 0.3) is 11.5 Å². The van der Waals surface area contributed by atoms with Crippen molar-refractivity contribution in [2.75, 3.05) is 6.54 Å². The molecule has 6 nitrogen and oxygen atoms in total. The normalized spacial score (nSPS) is 10.6. The zero-order valence-electron chi connectivity index (χ0n) is 12.1. The maximum Gasteiger partial charge on any atom is 0.271 e. The average Bonchev–Trinajstić information content (AvgIpc) is 2.87. The Kier molecular flexibility index (Phi) is 5.21. The molecule has 1 amide bonds. The molecule has 0 aliphatic carbocycles. The monoisotopic (exact) mass is 306 g/mol. The molecular formula is C14H18N4O2S. The first-order valence-corrected chi connectivity index (χ1v) is 7.75. The summed E-state index contributed by atoms with van der Waals surface area (Å²) in [6, 6.07) is 2.83. The first kappa shape index (κ1) is 15.4. The van der Waals surface area contributed by atoms with Gasteiger partial charge in [-0.2, -0.15) is 5.10 Å². The highest BCUT2D eigenvalue weighted by atomic mass is 32.1. The van der Waals surface area contributed by atoms with Crippen LogP contribution in [0.1, 0.15) is 34.5 Å². The summed E-state index contributed by atoms with van der Waals surface area (Å²) < 4.78 is 1.32. The smallest absolute Gasteiger partial charge is 0.271 e. The van der Waals surface area contributed by atoms with Crippen LogP contribution in [0.3, 0.4) is 0 Å². The molecule has 0 atom stereocenters. The number of nitrogens with zero attached hydrogens (tertiary/aromatic N) is 3. The SMILES string of the molecule is CCCn1nc(C(=O)NCCc2csc(C)n2)ccc1=O. The van der Waals surface area contributed by atoms with E-state index in [1.54, 1.807) is 11.3 Å². The number of amides is 1. The highest BCUT2D eigenvalue weighted by Crippen LogP contribution is 2.07. The van der Waals surface area contributed by atoms with Gasteiger partial charge in [-0.3, -0.25) is 9.59 Å². The molecule has 2 heterocycles. The van der Waals surface area contributed by atoms with E-state index in [2.05, 4.69) is 15.4 Å². The fraction of sp³-hybridized carbons (Fsp3) is 0.429. The van der Waals surface area contributed by atoms with Crippen molar-refractivity contribution in [1.82, 2.24) is 20.1 Å². The predicted octanol–water partition coefficient (Wildman–Crippen LogP) is 1.39. The highest BCUT2D eigenvalue weighted by Gasteiger charge is 2.09. The second kappa shape index (κ2) is 7.12. The summed E-state index contributed by atoms with van der Waals surface area (Å²) in [5.74, 6) is -0.271. The molecule has 0 saturated heterocycles. The lowest BCUT2D eigenvalue weighted by Gasteiger charge is -2.06. The molecule has 2 aromatic heterocycles. The number of aryl methyl sites for hydroxylation is 2. The van der Waals surface area contributed by atoms with Gasteiger partial charge in [-0.25, -0.2) is 9.67 Å². The summed E-state index contributed by atoms with van der Waals surface area (Å²) in [6.07, 6.45) is 1.48. The summed E-state index contributed by atoms with van der Waals surface area (Å²) in [4.78, 5) is 27.9. The summed E-state index contributed by atoms with van der Waals surface area (Å²) in [5, 5.41) is 9.87. The second-order valence-corrected chi connectivity index (χ2v) is 5.71. The Labute approximate surface area is 126 Å². The summed E-state index contributed by atoms with van der Waals surface area (Å²) in [7, 11) is 0. The van der Waals surface area contributed by atoms with Crippen LogP contribution in [0.25, 0.3) is 0 Å². The van der Waals surface area contributed by atoms with E-state index in [4.69, 9.17) is 0 Å². The van der Waals surface area contributed by atoms with Gasteiger partial charge in [0, 0.05) is 31.0 Å². The van der Waals surface area contributed by atoms with Crippen LogP contribution in [0.4, 0.5) is 0 Å². The number of aromatic nitrogens is 3. The van der Waals surface area contributed by atoms with Gasteiger partial charge < -0.3 is 5.32 Å². The Hall–Kier alpha value is -2.02. The van der Waals surface area contributed by atoms with Crippen molar-refractivity contribution in [3.63, 3.8) is 0 Å². The van der Waals surface area contributed by atoms with E-state index in [1.165, 1.54) is 16.8 Å². The molecule has 0 saturated carbocycles. The van der Waals surface area contributed by atoms with Crippen molar-refractivity contribution in [1.29, 1.82) is 0 Å². The number of hydrogen-bond donors (Lipinski definition) is 1. The molecule has 1 N–H and O–H groups in total. The van der Waals surface area contributed by atoms with E-state index in [1.807, 2.05) is 19.2 Å². The van der Waals surface area contributed by atoms with E-state index in [0.717, 1.165) is 17.1 Å². The van der Waals surface area contributed by atoms with Crippen LogP contribution in [0.2, 0.25) is 0 Å². The Morgan fingerprint density at radius 3 is 2.90 bits per heavy atom. The molecule has 0 fully saturated rings. The van der Waals surface area contributed by atoms with Crippen molar-refractivity contribution in [2.45, 2.75) is 33.2 Å². The molecule has 0 spiro atoms. The van der Waals surface area contributed by atoms with Gasteiger partial charge in [0.2, 0.25) is 0 Å². The lowest BCUT2D eigenvalue weighted by Crippen LogP contribution is -2.30. The Balaban J connectivity index is 1.93. The summed E-state index contributed by atoms with van der Waals surface area (Å²) in [6.45, 7) is 4.92. The van der Waals surface area contributed by atoms with Gasteiger partial charge in [0.05, 0.1) is 10.7 Å². The third-order valence-electron chi connectivity index (χ3n) is 2.87. The Morgan fingerprint density at radius 2 is 2.24 bits per heavy atom.